The monoisotopic (exact) mass is 424 g/mol. The van der Waals surface area contributed by atoms with Crippen LogP contribution in [0.2, 0.25) is 0 Å². The molecule has 1 unspecified atom stereocenters. The fourth-order valence-corrected chi connectivity index (χ4v) is 4.37. The Bertz CT molecular complexity index is 732. The number of hydrogen-bond donors (Lipinski definition) is 0. The van der Waals surface area contributed by atoms with Gasteiger partial charge in [-0.25, -0.2) is 0 Å². The maximum Gasteiger partial charge on any atom is 0.416 e. The molecule has 30 heavy (non-hydrogen) atoms. The van der Waals surface area contributed by atoms with E-state index in [0.717, 1.165) is 43.6 Å². The number of piperidine rings is 2. The van der Waals surface area contributed by atoms with Crippen molar-refractivity contribution >= 4 is 11.8 Å². The average Bonchev–Trinajstić information content (AvgIpc) is 2.73. The van der Waals surface area contributed by atoms with Gasteiger partial charge < -0.3 is 9.80 Å². The van der Waals surface area contributed by atoms with Gasteiger partial charge in [0.1, 0.15) is 0 Å². The Hall–Kier alpha value is -2.05. The molecule has 1 aromatic carbocycles. The van der Waals surface area contributed by atoms with Crippen LogP contribution in [0, 0.1) is 11.8 Å². The van der Waals surface area contributed by atoms with Crippen molar-refractivity contribution in [2.24, 2.45) is 11.8 Å². The van der Waals surface area contributed by atoms with Crippen molar-refractivity contribution < 1.29 is 22.8 Å². The number of carbonyl (C=O) groups excluding carboxylic acids is 2. The lowest BCUT2D eigenvalue weighted by atomic mass is 9.91. The van der Waals surface area contributed by atoms with Gasteiger partial charge in [0.15, 0.2) is 0 Å². The molecule has 2 amide bonds. The maximum atomic E-state index is 12.7. The van der Waals surface area contributed by atoms with E-state index in [0.29, 0.717) is 31.8 Å². The highest BCUT2D eigenvalue weighted by Crippen LogP contribution is 2.31. The molecule has 2 aliphatic rings. The summed E-state index contributed by atoms with van der Waals surface area (Å²) in [6.45, 7) is 6.89. The molecule has 4 nitrogen and oxygen atoms in total. The molecule has 1 atom stereocenters. The fraction of sp³-hybridized carbons (Fsp3) is 0.652. The normalized spacial score (nSPS) is 20.3. The molecule has 166 valence electrons. The molecule has 7 heteroatoms. The number of likely N-dealkylation sites (tertiary alicyclic amines) is 2. The van der Waals surface area contributed by atoms with Gasteiger partial charge in [-0.1, -0.05) is 26.0 Å². The summed E-state index contributed by atoms with van der Waals surface area (Å²) in [5, 5.41) is 0. The lowest BCUT2D eigenvalue weighted by Gasteiger charge is -2.37. The number of alkyl halides is 3. The van der Waals surface area contributed by atoms with Crippen LogP contribution in [-0.2, 0) is 15.8 Å². The first-order valence-corrected chi connectivity index (χ1v) is 10.9. The first kappa shape index (κ1) is 22.6. The van der Waals surface area contributed by atoms with E-state index in [-0.39, 0.29) is 30.1 Å². The summed E-state index contributed by atoms with van der Waals surface area (Å²) in [6.07, 6.45) is -0.605. The van der Waals surface area contributed by atoms with Gasteiger partial charge in [0.25, 0.3) is 0 Å². The molecule has 0 aliphatic carbocycles. The summed E-state index contributed by atoms with van der Waals surface area (Å²) in [5.41, 5.74) is 0.0421. The molecule has 0 bridgehead atoms. The van der Waals surface area contributed by atoms with Gasteiger partial charge in [0.05, 0.1) is 5.56 Å². The SMILES string of the molecule is CC1CCN(C(=O)C2CCN(C(=O)CC(C)c3ccc(C(F)(F)F)cc3)CC2)CC1. The Morgan fingerprint density at radius 3 is 2.03 bits per heavy atom. The Morgan fingerprint density at radius 1 is 0.967 bits per heavy atom. The van der Waals surface area contributed by atoms with E-state index in [1.54, 1.807) is 4.90 Å². The molecule has 2 heterocycles. The Balaban J connectivity index is 1.47. The number of hydrogen-bond acceptors (Lipinski definition) is 2. The summed E-state index contributed by atoms with van der Waals surface area (Å²) >= 11 is 0. The van der Waals surface area contributed by atoms with E-state index < -0.39 is 11.7 Å². The molecule has 2 aliphatic heterocycles. The van der Waals surface area contributed by atoms with E-state index in [9.17, 15) is 22.8 Å². The van der Waals surface area contributed by atoms with Crippen molar-refractivity contribution in [2.45, 2.75) is 58.0 Å². The quantitative estimate of drug-likeness (QED) is 0.703. The number of nitrogens with zero attached hydrogens (tertiary/aromatic N) is 2. The van der Waals surface area contributed by atoms with Gasteiger partial charge in [-0.05, 0) is 55.2 Å². The molecule has 0 radical (unpaired) electrons. The van der Waals surface area contributed by atoms with Crippen LogP contribution in [0.3, 0.4) is 0 Å². The highest BCUT2D eigenvalue weighted by Gasteiger charge is 2.32. The molecular weight excluding hydrogens is 393 g/mol. The smallest absolute Gasteiger partial charge is 0.343 e. The zero-order valence-electron chi connectivity index (χ0n) is 17.8. The van der Waals surface area contributed by atoms with Crippen molar-refractivity contribution in [1.29, 1.82) is 0 Å². The largest absolute Gasteiger partial charge is 0.416 e. The van der Waals surface area contributed by atoms with Crippen LogP contribution in [-0.4, -0.2) is 47.8 Å². The zero-order chi connectivity index (χ0) is 21.9. The summed E-state index contributed by atoms with van der Waals surface area (Å²) in [7, 11) is 0. The minimum Gasteiger partial charge on any atom is -0.343 e. The van der Waals surface area contributed by atoms with Crippen LogP contribution in [0.5, 0.6) is 0 Å². The second-order valence-electron chi connectivity index (χ2n) is 8.89. The lowest BCUT2D eigenvalue weighted by Crippen LogP contribution is -2.46. The van der Waals surface area contributed by atoms with Crippen LogP contribution >= 0.6 is 0 Å². The van der Waals surface area contributed by atoms with E-state index in [2.05, 4.69) is 6.92 Å². The summed E-state index contributed by atoms with van der Waals surface area (Å²) < 4.78 is 38.1. The van der Waals surface area contributed by atoms with Gasteiger partial charge in [-0.3, -0.25) is 9.59 Å². The third kappa shape index (κ3) is 5.55. The fourth-order valence-electron chi connectivity index (χ4n) is 4.37. The third-order valence-corrected chi connectivity index (χ3v) is 6.58. The molecule has 0 N–H and O–H groups in total. The molecule has 1 aromatic rings. The van der Waals surface area contributed by atoms with Gasteiger partial charge >= 0.3 is 6.18 Å². The first-order valence-electron chi connectivity index (χ1n) is 10.9. The van der Waals surface area contributed by atoms with Crippen LogP contribution in [0.1, 0.15) is 63.0 Å². The number of halogens is 3. The van der Waals surface area contributed by atoms with Gasteiger partial charge in [0.2, 0.25) is 11.8 Å². The Morgan fingerprint density at radius 2 is 1.50 bits per heavy atom. The number of carbonyl (C=O) groups is 2. The topological polar surface area (TPSA) is 40.6 Å². The average molecular weight is 425 g/mol. The highest BCUT2D eigenvalue weighted by molar-refractivity contribution is 5.80. The molecule has 2 fully saturated rings. The second kappa shape index (κ2) is 9.40. The van der Waals surface area contributed by atoms with E-state index >= 15 is 0 Å². The first-order chi connectivity index (χ1) is 14.1. The van der Waals surface area contributed by atoms with E-state index in [1.165, 1.54) is 12.1 Å². The number of benzene rings is 1. The lowest BCUT2D eigenvalue weighted by molar-refractivity contribution is -0.141. The van der Waals surface area contributed by atoms with Gasteiger partial charge in [-0.2, -0.15) is 13.2 Å². The van der Waals surface area contributed by atoms with Crippen LogP contribution in [0.4, 0.5) is 13.2 Å². The van der Waals surface area contributed by atoms with Crippen molar-refractivity contribution in [3.05, 3.63) is 35.4 Å². The second-order valence-corrected chi connectivity index (χ2v) is 8.89. The maximum absolute atomic E-state index is 12.7. The van der Waals surface area contributed by atoms with Crippen LogP contribution in [0.15, 0.2) is 24.3 Å². The molecule has 0 spiro atoms. The minimum atomic E-state index is -4.36. The Kier molecular flexibility index (Phi) is 7.09. The van der Waals surface area contributed by atoms with Gasteiger partial charge in [-0.15, -0.1) is 0 Å². The Labute approximate surface area is 176 Å². The molecule has 0 aromatic heterocycles. The van der Waals surface area contributed by atoms with Crippen molar-refractivity contribution in [3.8, 4) is 0 Å². The molecule has 0 saturated carbocycles. The number of rotatable bonds is 4. The highest BCUT2D eigenvalue weighted by atomic mass is 19.4. The van der Waals surface area contributed by atoms with E-state index in [4.69, 9.17) is 0 Å². The summed E-state index contributed by atoms with van der Waals surface area (Å²) in [6, 6.07) is 5.03. The van der Waals surface area contributed by atoms with Gasteiger partial charge in [0, 0.05) is 38.5 Å². The summed E-state index contributed by atoms with van der Waals surface area (Å²) in [5.74, 6) is 0.747. The van der Waals surface area contributed by atoms with Crippen molar-refractivity contribution in [3.63, 3.8) is 0 Å². The number of amides is 2. The van der Waals surface area contributed by atoms with Crippen LogP contribution in [0.25, 0.3) is 0 Å². The molecule has 3 rings (SSSR count). The molecule has 2 saturated heterocycles. The zero-order valence-corrected chi connectivity index (χ0v) is 17.8. The summed E-state index contributed by atoms with van der Waals surface area (Å²) in [4.78, 5) is 29.2. The predicted molar refractivity (Wildman–Crippen MR) is 109 cm³/mol. The van der Waals surface area contributed by atoms with Crippen LogP contribution < -0.4 is 0 Å². The van der Waals surface area contributed by atoms with Crippen molar-refractivity contribution in [2.75, 3.05) is 26.2 Å². The third-order valence-electron chi connectivity index (χ3n) is 6.58. The standard InChI is InChI=1S/C23H31F3N2O2/c1-16-7-11-28(12-8-16)22(30)19-9-13-27(14-10-19)21(29)15-17(2)18-3-5-20(6-4-18)23(24,25)26/h3-6,16-17,19H,7-15H2,1-2H3. The minimum absolute atomic E-state index is 0.0000872. The molecular formula is C23H31F3N2O2. The van der Waals surface area contributed by atoms with E-state index in [1.807, 2.05) is 11.8 Å². The van der Waals surface area contributed by atoms with Crippen molar-refractivity contribution in [1.82, 2.24) is 9.80 Å². The predicted octanol–water partition coefficient (Wildman–Crippen LogP) is 4.70.